The largest absolute Gasteiger partial charge is 0.398 e. The predicted molar refractivity (Wildman–Crippen MR) is 67.6 cm³/mol. The molecule has 1 heterocycles. The summed E-state index contributed by atoms with van der Waals surface area (Å²) < 4.78 is 0. The number of hydrogen-bond donors (Lipinski definition) is 2. The summed E-state index contributed by atoms with van der Waals surface area (Å²) >= 11 is 7.65. The maximum Gasteiger partial charge on any atom is 0.0467 e. The number of thioether (sulfide) groups is 1. The van der Waals surface area contributed by atoms with Crippen molar-refractivity contribution in [1.29, 1.82) is 0 Å². The molecule has 82 valence electrons. The van der Waals surface area contributed by atoms with Gasteiger partial charge in [0.25, 0.3) is 0 Å². The Labute approximate surface area is 99.6 Å². The van der Waals surface area contributed by atoms with Gasteiger partial charge in [-0.1, -0.05) is 11.6 Å². The van der Waals surface area contributed by atoms with Crippen molar-refractivity contribution in [2.75, 3.05) is 18.0 Å². The summed E-state index contributed by atoms with van der Waals surface area (Å²) in [6.07, 6.45) is 2.57. The summed E-state index contributed by atoms with van der Waals surface area (Å²) in [5.74, 6) is 1.09. The average molecular weight is 243 g/mol. The molecule has 1 aliphatic rings. The highest BCUT2D eigenvalue weighted by Gasteiger charge is 2.14. The van der Waals surface area contributed by atoms with Crippen LogP contribution in [0.4, 0.5) is 5.69 Å². The molecule has 0 saturated carbocycles. The molecular formula is C11H15ClN2S. The standard InChI is InChI=1S/C11H15ClN2S/c12-8-3-4-11(10(13)6-8)15-7-9-2-1-5-14-9/h3-4,6,9,14H,1-2,5,7,13H2. The predicted octanol–water partition coefficient (Wildman–Crippen LogP) is 2.77. The molecule has 1 unspecified atom stereocenters. The monoisotopic (exact) mass is 242 g/mol. The van der Waals surface area contributed by atoms with E-state index in [1.54, 1.807) is 11.8 Å². The zero-order valence-electron chi connectivity index (χ0n) is 8.50. The Balaban J connectivity index is 1.92. The number of nitrogens with two attached hydrogens (primary N) is 1. The first-order chi connectivity index (χ1) is 7.25. The lowest BCUT2D eigenvalue weighted by molar-refractivity contribution is 0.674. The lowest BCUT2D eigenvalue weighted by Crippen LogP contribution is -2.23. The van der Waals surface area contributed by atoms with Crippen LogP contribution in [0.15, 0.2) is 23.1 Å². The first-order valence-corrected chi connectivity index (χ1v) is 6.53. The van der Waals surface area contributed by atoms with Crippen LogP contribution in [0.25, 0.3) is 0 Å². The molecule has 3 N–H and O–H groups in total. The Bertz CT molecular complexity index is 337. The fourth-order valence-electron chi connectivity index (χ4n) is 1.74. The molecule has 4 heteroatoms. The van der Waals surface area contributed by atoms with E-state index in [2.05, 4.69) is 5.32 Å². The van der Waals surface area contributed by atoms with Crippen molar-refractivity contribution in [3.8, 4) is 0 Å². The smallest absolute Gasteiger partial charge is 0.0467 e. The van der Waals surface area contributed by atoms with Gasteiger partial charge in [0, 0.05) is 27.4 Å². The van der Waals surface area contributed by atoms with Crippen molar-refractivity contribution in [3.63, 3.8) is 0 Å². The summed E-state index contributed by atoms with van der Waals surface area (Å²) in [5, 5.41) is 4.17. The van der Waals surface area contributed by atoms with Gasteiger partial charge in [0.05, 0.1) is 0 Å². The van der Waals surface area contributed by atoms with E-state index < -0.39 is 0 Å². The molecule has 1 saturated heterocycles. The van der Waals surface area contributed by atoms with E-state index in [1.165, 1.54) is 12.8 Å². The molecule has 2 rings (SSSR count). The lowest BCUT2D eigenvalue weighted by Gasteiger charge is -2.10. The highest BCUT2D eigenvalue weighted by molar-refractivity contribution is 7.99. The van der Waals surface area contributed by atoms with E-state index in [1.807, 2.05) is 18.2 Å². The second kappa shape index (κ2) is 5.10. The number of benzene rings is 1. The van der Waals surface area contributed by atoms with Crippen LogP contribution in [0.3, 0.4) is 0 Å². The Morgan fingerprint density at radius 2 is 2.40 bits per heavy atom. The quantitative estimate of drug-likeness (QED) is 0.632. The topological polar surface area (TPSA) is 38.0 Å². The van der Waals surface area contributed by atoms with Gasteiger partial charge in [0.2, 0.25) is 0 Å². The number of nitrogens with one attached hydrogen (secondary N) is 1. The van der Waals surface area contributed by atoms with Gasteiger partial charge >= 0.3 is 0 Å². The zero-order valence-corrected chi connectivity index (χ0v) is 10.1. The van der Waals surface area contributed by atoms with Crippen LogP contribution in [0.2, 0.25) is 5.02 Å². The number of anilines is 1. The van der Waals surface area contributed by atoms with Crippen LogP contribution >= 0.6 is 23.4 Å². The first-order valence-electron chi connectivity index (χ1n) is 5.17. The molecule has 1 aliphatic heterocycles. The average Bonchev–Trinajstić information content (AvgIpc) is 2.69. The molecule has 1 fully saturated rings. The first kappa shape index (κ1) is 11.1. The van der Waals surface area contributed by atoms with Gasteiger partial charge in [0.1, 0.15) is 0 Å². The molecule has 0 aromatic heterocycles. The van der Waals surface area contributed by atoms with Crippen LogP contribution in [0, 0.1) is 0 Å². The Kier molecular flexibility index (Phi) is 3.78. The third kappa shape index (κ3) is 3.03. The number of nitrogen functional groups attached to an aromatic ring is 1. The SMILES string of the molecule is Nc1cc(Cl)ccc1SCC1CCCN1. The fraction of sp³-hybridized carbons (Fsp3) is 0.455. The van der Waals surface area contributed by atoms with Gasteiger partial charge in [-0.2, -0.15) is 0 Å². The highest BCUT2D eigenvalue weighted by Crippen LogP contribution is 2.28. The number of rotatable bonds is 3. The normalized spacial score (nSPS) is 20.7. The second-order valence-corrected chi connectivity index (χ2v) is 5.28. The van der Waals surface area contributed by atoms with Crippen LogP contribution in [-0.4, -0.2) is 18.3 Å². The number of halogens is 1. The van der Waals surface area contributed by atoms with Crippen molar-refractivity contribution < 1.29 is 0 Å². The Morgan fingerprint density at radius 3 is 3.07 bits per heavy atom. The Morgan fingerprint density at radius 1 is 1.53 bits per heavy atom. The minimum absolute atomic E-state index is 0.644. The molecule has 0 amide bonds. The van der Waals surface area contributed by atoms with Crippen LogP contribution < -0.4 is 11.1 Å². The fourth-order valence-corrected chi connectivity index (χ4v) is 2.98. The van der Waals surface area contributed by atoms with Gasteiger partial charge < -0.3 is 11.1 Å². The maximum absolute atomic E-state index is 5.88. The van der Waals surface area contributed by atoms with Crippen LogP contribution in [0.5, 0.6) is 0 Å². The third-order valence-electron chi connectivity index (χ3n) is 2.57. The molecule has 1 atom stereocenters. The summed E-state index contributed by atoms with van der Waals surface area (Å²) in [6.45, 7) is 1.15. The molecule has 15 heavy (non-hydrogen) atoms. The molecule has 0 radical (unpaired) electrons. The van der Waals surface area contributed by atoms with Crippen molar-refractivity contribution in [2.24, 2.45) is 0 Å². The highest BCUT2D eigenvalue weighted by atomic mass is 35.5. The summed E-state index contributed by atoms with van der Waals surface area (Å²) in [4.78, 5) is 1.13. The minimum Gasteiger partial charge on any atom is -0.398 e. The van der Waals surface area contributed by atoms with Crippen molar-refractivity contribution >= 4 is 29.1 Å². The van der Waals surface area contributed by atoms with Crippen LogP contribution in [0.1, 0.15) is 12.8 Å². The van der Waals surface area contributed by atoms with Gasteiger partial charge in [-0.05, 0) is 37.6 Å². The van der Waals surface area contributed by atoms with Crippen molar-refractivity contribution in [2.45, 2.75) is 23.8 Å². The van der Waals surface area contributed by atoms with E-state index in [0.717, 1.165) is 22.9 Å². The van der Waals surface area contributed by atoms with E-state index >= 15 is 0 Å². The molecule has 0 bridgehead atoms. The van der Waals surface area contributed by atoms with Gasteiger partial charge in [0.15, 0.2) is 0 Å². The van der Waals surface area contributed by atoms with E-state index in [-0.39, 0.29) is 0 Å². The second-order valence-electron chi connectivity index (χ2n) is 3.79. The van der Waals surface area contributed by atoms with Gasteiger partial charge in [-0.25, -0.2) is 0 Å². The van der Waals surface area contributed by atoms with E-state index in [4.69, 9.17) is 17.3 Å². The minimum atomic E-state index is 0.644. The molecule has 1 aromatic rings. The van der Waals surface area contributed by atoms with Gasteiger partial charge in [-0.15, -0.1) is 11.8 Å². The zero-order chi connectivity index (χ0) is 10.7. The van der Waals surface area contributed by atoms with Crippen molar-refractivity contribution in [1.82, 2.24) is 5.32 Å². The molecule has 0 spiro atoms. The van der Waals surface area contributed by atoms with Gasteiger partial charge in [-0.3, -0.25) is 0 Å². The maximum atomic E-state index is 5.88. The molecule has 0 aliphatic carbocycles. The molecular weight excluding hydrogens is 228 g/mol. The summed E-state index contributed by atoms with van der Waals surface area (Å²) in [7, 11) is 0. The molecule has 2 nitrogen and oxygen atoms in total. The Hall–Kier alpha value is -0.380. The number of hydrogen-bond acceptors (Lipinski definition) is 3. The van der Waals surface area contributed by atoms with E-state index in [9.17, 15) is 0 Å². The summed E-state index contributed by atoms with van der Waals surface area (Å²) in [5.41, 5.74) is 6.66. The summed E-state index contributed by atoms with van der Waals surface area (Å²) in [6, 6.07) is 6.34. The van der Waals surface area contributed by atoms with Crippen molar-refractivity contribution in [3.05, 3.63) is 23.2 Å². The van der Waals surface area contributed by atoms with E-state index in [0.29, 0.717) is 11.1 Å². The third-order valence-corrected chi connectivity index (χ3v) is 4.06. The molecule has 1 aromatic carbocycles. The van der Waals surface area contributed by atoms with Crippen LogP contribution in [-0.2, 0) is 0 Å². The lowest BCUT2D eigenvalue weighted by atomic mass is 10.3.